The first kappa shape index (κ1) is 15.4. The number of hydrogen-bond donors (Lipinski definition) is 2. The van der Waals surface area contributed by atoms with Crippen molar-refractivity contribution in [2.45, 2.75) is 20.8 Å². The van der Waals surface area contributed by atoms with Gasteiger partial charge in [-0.05, 0) is 31.9 Å². The van der Waals surface area contributed by atoms with Crippen LogP contribution in [0.4, 0.5) is 5.69 Å². The summed E-state index contributed by atoms with van der Waals surface area (Å²) in [6.45, 7) is 6.46. The van der Waals surface area contributed by atoms with Crippen molar-refractivity contribution < 1.29 is 9.94 Å². The molecule has 4 heteroatoms. The fourth-order valence-corrected chi connectivity index (χ4v) is 1.34. The fourth-order valence-electron chi connectivity index (χ4n) is 1.34. The third kappa shape index (κ3) is 5.92. The Hall–Kier alpha value is -1.55. The summed E-state index contributed by atoms with van der Waals surface area (Å²) in [7, 11) is 3.25. The number of nitrogens with one attached hydrogen (secondary N) is 1. The smallest absolute Gasteiger partial charge is 0.0730 e. The molecule has 1 aromatic carbocycles. The minimum atomic E-state index is 0.572. The van der Waals surface area contributed by atoms with Gasteiger partial charge in [0.2, 0.25) is 0 Å². The Morgan fingerprint density at radius 1 is 1.29 bits per heavy atom. The van der Waals surface area contributed by atoms with E-state index in [-0.39, 0.29) is 0 Å². The van der Waals surface area contributed by atoms with E-state index >= 15 is 0 Å². The molecule has 0 saturated heterocycles. The Morgan fingerprint density at radius 2 is 1.76 bits per heavy atom. The molecule has 0 atom stereocenters. The van der Waals surface area contributed by atoms with Crippen LogP contribution in [-0.4, -0.2) is 31.7 Å². The summed E-state index contributed by atoms with van der Waals surface area (Å²) in [4.78, 5) is 0. The highest BCUT2D eigenvalue weighted by molar-refractivity contribution is 5.85. The second-order valence-electron chi connectivity index (χ2n) is 3.86. The summed E-state index contributed by atoms with van der Waals surface area (Å²) in [5, 5.41) is 14.9. The Kier molecular flexibility index (Phi) is 7.80. The molecule has 0 heterocycles. The lowest BCUT2D eigenvalue weighted by molar-refractivity contribution is 0.277. The van der Waals surface area contributed by atoms with Crippen molar-refractivity contribution in [1.29, 1.82) is 0 Å². The molecule has 0 spiro atoms. The first-order valence-corrected chi connectivity index (χ1v) is 5.44. The summed E-state index contributed by atoms with van der Waals surface area (Å²) < 4.78 is 4.25. The molecule has 0 aliphatic rings. The van der Waals surface area contributed by atoms with Crippen LogP contribution in [0.15, 0.2) is 23.4 Å². The third-order valence-corrected chi connectivity index (χ3v) is 2.17. The van der Waals surface area contributed by atoms with Crippen LogP contribution in [0, 0.1) is 13.8 Å². The van der Waals surface area contributed by atoms with E-state index < -0.39 is 0 Å². The fraction of sp³-hybridized carbons (Fsp3) is 0.462. The van der Waals surface area contributed by atoms with Gasteiger partial charge in [0.05, 0.1) is 12.3 Å². The van der Waals surface area contributed by atoms with E-state index in [1.165, 1.54) is 11.1 Å². The van der Waals surface area contributed by atoms with Crippen LogP contribution >= 0.6 is 0 Å². The van der Waals surface area contributed by atoms with Crippen LogP contribution in [0.25, 0.3) is 0 Å². The van der Waals surface area contributed by atoms with E-state index in [9.17, 15) is 0 Å². The predicted octanol–water partition coefficient (Wildman–Crippen LogP) is 2.83. The second-order valence-corrected chi connectivity index (χ2v) is 3.86. The summed E-state index contributed by atoms with van der Waals surface area (Å²) >= 11 is 0. The Morgan fingerprint density at radius 3 is 2.18 bits per heavy atom. The van der Waals surface area contributed by atoms with Gasteiger partial charge in [-0.1, -0.05) is 23.4 Å². The van der Waals surface area contributed by atoms with Crippen LogP contribution in [0.1, 0.15) is 18.1 Å². The average Bonchev–Trinajstić information content (AvgIpc) is 2.29. The van der Waals surface area contributed by atoms with Gasteiger partial charge in [-0.15, -0.1) is 0 Å². The molecule has 1 rings (SSSR count). The van der Waals surface area contributed by atoms with Crippen LogP contribution in [0.5, 0.6) is 0 Å². The van der Waals surface area contributed by atoms with Crippen LogP contribution in [0.3, 0.4) is 0 Å². The zero-order valence-corrected chi connectivity index (χ0v) is 11.2. The number of rotatable bonds is 3. The molecule has 2 N–H and O–H groups in total. The molecular formula is C13H22N2O2. The van der Waals surface area contributed by atoms with Gasteiger partial charge in [0.15, 0.2) is 0 Å². The molecule has 96 valence electrons. The first-order chi connectivity index (χ1) is 8.06. The third-order valence-electron chi connectivity index (χ3n) is 2.17. The molecule has 0 bridgehead atoms. The van der Waals surface area contributed by atoms with Crippen molar-refractivity contribution >= 4 is 11.4 Å². The van der Waals surface area contributed by atoms with Gasteiger partial charge in [-0.3, -0.25) is 0 Å². The van der Waals surface area contributed by atoms with Gasteiger partial charge >= 0.3 is 0 Å². The number of benzene rings is 1. The number of anilines is 1. The van der Waals surface area contributed by atoms with Gasteiger partial charge in [-0.25, -0.2) is 0 Å². The van der Waals surface area contributed by atoms with Crippen LogP contribution in [0.2, 0.25) is 0 Å². The molecule has 0 unspecified atom stereocenters. The van der Waals surface area contributed by atoms with Gasteiger partial charge in [0.1, 0.15) is 0 Å². The van der Waals surface area contributed by atoms with Crippen molar-refractivity contribution in [3.8, 4) is 0 Å². The highest BCUT2D eigenvalue weighted by atomic mass is 16.4. The number of para-hydroxylation sites is 1. The zero-order valence-electron chi connectivity index (χ0n) is 11.2. The first-order valence-electron chi connectivity index (χ1n) is 5.44. The van der Waals surface area contributed by atoms with Crippen molar-refractivity contribution in [3.63, 3.8) is 0 Å². The number of nitrogens with zero attached hydrogens (tertiary/aromatic N) is 1. The summed E-state index contributed by atoms with van der Waals surface area (Å²) in [6, 6.07) is 6.14. The maximum atomic E-state index is 8.50. The largest absolute Gasteiger partial charge is 0.411 e. The van der Waals surface area contributed by atoms with E-state index in [0.29, 0.717) is 12.3 Å². The monoisotopic (exact) mass is 238 g/mol. The molecule has 4 nitrogen and oxygen atoms in total. The minimum absolute atomic E-state index is 0.572. The maximum absolute atomic E-state index is 8.50. The van der Waals surface area contributed by atoms with E-state index in [4.69, 9.17) is 5.21 Å². The Balaban J connectivity index is 0.000000770. The van der Waals surface area contributed by atoms with Crippen molar-refractivity contribution in [2.75, 3.05) is 26.1 Å². The second kappa shape index (κ2) is 8.58. The number of ether oxygens (including phenoxy) is 1. The number of hydrogen-bond acceptors (Lipinski definition) is 4. The van der Waals surface area contributed by atoms with Gasteiger partial charge in [0, 0.05) is 19.9 Å². The van der Waals surface area contributed by atoms with Gasteiger partial charge < -0.3 is 15.3 Å². The quantitative estimate of drug-likeness (QED) is 0.483. The molecule has 0 amide bonds. The highest BCUT2D eigenvalue weighted by Crippen LogP contribution is 2.18. The Labute approximate surface area is 103 Å². The number of methoxy groups -OCH3 is 1. The van der Waals surface area contributed by atoms with E-state index in [0.717, 1.165) is 5.69 Å². The van der Waals surface area contributed by atoms with E-state index in [1.54, 1.807) is 21.1 Å². The van der Waals surface area contributed by atoms with Crippen molar-refractivity contribution in [1.82, 2.24) is 0 Å². The molecule has 0 fully saturated rings. The topological polar surface area (TPSA) is 53.9 Å². The lowest BCUT2D eigenvalue weighted by Gasteiger charge is -2.11. The van der Waals surface area contributed by atoms with Gasteiger partial charge in [-0.2, -0.15) is 0 Å². The molecule has 0 aliphatic heterocycles. The summed E-state index contributed by atoms with van der Waals surface area (Å²) in [5.41, 5.74) is 4.20. The summed E-state index contributed by atoms with van der Waals surface area (Å²) in [5.74, 6) is 0. The standard InChI is InChI=1S/C11H16N2O.C2H6O/c1-8-5-4-6-9(2)11(8)12-7-10(3)13-14;1-3-2/h4-6,12,14H,7H2,1-3H3;1-2H3/b13-10+;. The predicted molar refractivity (Wildman–Crippen MR) is 72.2 cm³/mol. The van der Waals surface area contributed by atoms with Crippen LogP contribution < -0.4 is 5.32 Å². The van der Waals surface area contributed by atoms with E-state index in [1.807, 2.05) is 6.07 Å². The zero-order chi connectivity index (χ0) is 13.3. The summed E-state index contributed by atoms with van der Waals surface area (Å²) in [6.07, 6.45) is 0. The minimum Gasteiger partial charge on any atom is -0.411 e. The van der Waals surface area contributed by atoms with Gasteiger partial charge in [0.25, 0.3) is 0 Å². The molecule has 17 heavy (non-hydrogen) atoms. The molecule has 1 aromatic rings. The molecule has 0 aromatic heterocycles. The molecule has 0 saturated carbocycles. The van der Waals surface area contributed by atoms with E-state index in [2.05, 4.69) is 41.2 Å². The lowest BCUT2D eigenvalue weighted by Crippen LogP contribution is -2.12. The molecular weight excluding hydrogens is 216 g/mol. The van der Waals surface area contributed by atoms with Crippen molar-refractivity contribution in [2.24, 2.45) is 5.16 Å². The Bertz CT molecular complexity index is 342. The normalized spacial score (nSPS) is 10.5. The SMILES string of the molecule is C/C(CNc1c(C)cccc1C)=N\O.COC. The maximum Gasteiger partial charge on any atom is 0.0730 e. The number of aryl methyl sites for hydroxylation is 2. The average molecular weight is 238 g/mol. The van der Waals surface area contributed by atoms with Crippen molar-refractivity contribution in [3.05, 3.63) is 29.3 Å². The molecule has 0 aliphatic carbocycles. The number of oxime groups is 1. The molecule has 0 radical (unpaired) electrons. The highest BCUT2D eigenvalue weighted by Gasteiger charge is 2.01. The lowest BCUT2D eigenvalue weighted by atomic mass is 10.1. The van der Waals surface area contributed by atoms with Crippen LogP contribution in [-0.2, 0) is 4.74 Å².